The van der Waals surface area contributed by atoms with E-state index >= 15 is 0 Å². The van der Waals surface area contributed by atoms with E-state index in [0.717, 1.165) is 0 Å². The molecule has 1 atom stereocenters. The molecule has 10 nitrogen and oxygen atoms in total. The molecule has 0 aliphatic carbocycles. The third kappa shape index (κ3) is 11.3. The highest BCUT2D eigenvalue weighted by Crippen LogP contribution is 2.03. The van der Waals surface area contributed by atoms with E-state index in [2.05, 4.69) is 21.3 Å². The van der Waals surface area contributed by atoms with Gasteiger partial charge < -0.3 is 26.4 Å². The molecule has 148 valence electrons. The maximum Gasteiger partial charge on any atom is 0.322 e. The Bertz CT molecular complexity index is 526. The first-order chi connectivity index (χ1) is 12.2. The summed E-state index contributed by atoms with van der Waals surface area (Å²) >= 11 is 1.53. The second-order valence-electron chi connectivity index (χ2n) is 5.66. The average Bonchev–Trinajstić information content (AvgIpc) is 2.58. The van der Waals surface area contributed by atoms with E-state index in [0.29, 0.717) is 12.2 Å². The van der Waals surface area contributed by atoms with Gasteiger partial charge in [-0.15, -0.1) is 0 Å². The van der Waals surface area contributed by atoms with Crippen LogP contribution in [0.25, 0.3) is 0 Å². The molecule has 0 aromatic rings. The number of rotatable bonds is 12. The van der Waals surface area contributed by atoms with E-state index in [-0.39, 0.29) is 18.4 Å². The lowest BCUT2D eigenvalue weighted by Gasteiger charge is -2.19. The minimum atomic E-state index is -1.20. The Morgan fingerprint density at radius 1 is 0.885 bits per heavy atom. The molecule has 11 heteroatoms. The number of hydrogen-bond acceptors (Lipinski definition) is 6. The Labute approximate surface area is 156 Å². The van der Waals surface area contributed by atoms with Crippen molar-refractivity contribution in [3.05, 3.63) is 0 Å². The van der Waals surface area contributed by atoms with Crippen molar-refractivity contribution in [2.24, 2.45) is 5.92 Å². The Hall–Kier alpha value is -2.30. The summed E-state index contributed by atoms with van der Waals surface area (Å²) in [6.07, 6.45) is 2.30. The Morgan fingerprint density at radius 3 is 1.92 bits per heavy atom. The monoisotopic (exact) mass is 390 g/mol. The van der Waals surface area contributed by atoms with Gasteiger partial charge in [0.05, 0.1) is 13.1 Å². The number of amides is 4. The van der Waals surface area contributed by atoms with Crippen molar-refractivity contribution < 1.29 is 29.1 Å². The number of hydrogen-bond donors (Lipinski definition) is 5. The van der Waals surface area contributed by atoms with Crippen molar-refractivity contribution in [3.63, 3.8) is 0 Å². The van der Waals surface area contributed by atoms with Gasteiger partial charge in [0.1, 0.15) is 12.6 Å². The van der Waals surface area contributed by atoms with E-state index < -0.39 is 42.8 Å². The number of carboxylic acid groups (broad SMARTS) is 1. The van der Waals surface area contributed by atoms with E-state index in [9.17, 15) is 24.0 Å². The molecule has 0 spiro atoms. The minimum absolute atomic E-state index is 0.259. The van der Waals surface area contributed by atoms with Crippen LogP contribution >= 0.6 is 11.8 Å². The van der Waals surface area contributed by atoms with Gasteiger partial charge in [-0.05, 0) is 18.4 Å². The van der Waals surface area contributed by atoms with Gasteiger partial charge in [-0.1, -0.05) is 13.8 Å². The molecule has 4 amide bonds. The van der Waals surface area contributed by atoms with Crippen LogP contribution in [0.15, 0.2) is 0 Å². The minimum Gasteiger partial charge on any atom is -0.480 e. The molecule has 0 unspecified atom stereocenters. The molecule has 26 heavy (non-hydrogen) atoms. The van der Waals surface area contributed by atoms with Gasteiger partial charge in [-0.25, -0.2) is 0 Å². The molecular formula is C15H26N4O6S. The zero-order valence-corrected chi connectivity index (χ0v) is 15.9. The highest BCUT2D eigenvalue weighted by atomic mass is 32.2. The van der Waals surface area contributed by atoms with Crippen molar-refractivity contribution >= 4 is 41.4 Å². The lowest BCUT2D eigenvalue weighted by molar-refractivity contribution is -0.137. The first kappa shape index (κ1) is 23.7. The Morgan fingerprint density at radius 2 is 1.42 bits per heavy atom. The molecule has 0 aromatic carbocycles. The number of carboxylic acids is 1. The molecule has 0 heterocycles. The fourth-order valence-electron chi connectivity index (χ4n) is 1.61. The third-order valence-electron chi connectivity index (χ3n) is 3.07. The zero-order valence-electron chi connectivity index (χ0n) is 15.1. The molecule has 0 fully saturated rings. The van der Waals surface area contributed by atoms with Gasteiger partial charge in [0.15, 0.2) is 0 Å². The van der Waals surface area contributed by atoms with Crippen LogP contribution in [-0.4, -0.2) is 72.4 Å². The maximum atomic E-state index is 12.2. The van der Waals surface area contributed by atoms with Crippen LogP contribution in [0.5, 0.6) is 0 Å². The summed E-state index contributed by atoms with van der Waals surface area (Å²) in [5.74, 6) is -2.82. The summed E-state index contributed by atoms with van der Waals surface area (Å²) in [5, 5.41) is 17.8. The fourth-order valence-corrected chi connectivity index (χ4v) is 2.08. The fraction of sp³-hybridized carbons (Fsp3) is 0.667. The smallest absolute Gasteiger partial charge is 0.322 e. The standard InChI is InChI=1S/C15H26N4O6S/c1-9(2)14(24)19-10(4-5-26-3)15(25)18-7-12(21)16-6-11(20)17-8-13(22)23/h9-10H,4-8H2,1-3H3,(H,16,21)(H,17,20)(H,18,25)(H,19,24)(H,22,23)/t10-/m0/s1. The van der Waals surface area contributed by atoms with Crippen LogP contribution in [0.1, 0.15) is 20.3 Å². The molecule has 0 rings (SSSR count). The SMILES string of the molecule is CSCC[C@H](NC(=O)C(C)C)C(=O)NCC(=O)NCC(=O)NCC(=O)O. The van der Waals surface area contributed by atoms with Gasteiger partial charge in [0.25, 0.3) is 0 Å². The highest BCUT2D eigenvalue weighted by Gasteiger charge is 2.22. The Kier molecular flexibility index (Phi) is 11.8. The number of thioether (sulfide) groups is 1. The second-order valence-corrected chi connectivity index (χ2v) is 6.65. The molecule has 0 bridgehead atoms. The largest absolute Gasteiger partial charge is 0.480 e. The van der Waals surface area contributed by atoms with Crippen LogP contribution in [0, 0.1) is 5.92 Å². The van der Waals surface area contributed by atoms with Gasteiger partial charge in [-0.2, -0.15) is 11.8 Å². The van der Waals surface area contributed by atoms with Crippen LogP contribution < -0.4 is 21.3 Å². The van der Waals surface area contributed by atoms with Crippen LogP contribution in [-0.2, 0) is 24.0 Å². The van der Waals surface area contributed by atoms with Crippen molar-refractivity contribution in [1.82, 2.24) is 21.3 Å². The number of nitrogens with one attached hydrogen (secondary N) is 4. The molecule has 0 aliphatic rings. The second kappa shape index (κ2) is 13.0. The molecule has 0 aromatic heterocycles. The van der Waals surface area contributed by atoms with E-state index in [1.165, 1.54) is 11.8 Å². The van der Waals surface area contributed by atoms with Gasteiger partial charge in [0.2, 0.25) is 23.6 Å². The summed E-state index contributed by atoms with van der Waals surface area (Å²) in [5.41, 5.74) is 0. The predicted octanol–water partition coefficient (Wildman–Crippen LogP) is -1.69. The first-order valence-corrected chi connectivity index (χ1v) is 9.39. The van der Waals surface area contributed by atoms with Gasteiger partial charge >= 0.3 is 5.97 Å². The lowest BCUT2D eigenvalue weighted by Crippen LogP contribution is -2.50. The topological polar surface area (TPSA) is 154 Å². The molecule has 0 saturated heterocycles. The molecule has 0 saturated carbocycles. The maximum absolute atomic E-state index is 12.2. The molecule has 0 aliphatic heterocycles. The Balaban J connectivity index is 4.34. The van der Waals surface area contributed by atoms with Gasteiger partial charge in [-0.3, -0.25) is 24.0 Å². The average molecular weight is 390 g/mol. The van der Waals surface area contributed by atoms with Crippen molar-refractivity contribution in [3.8, 4) is 0 Å². The van der Waals surface area contributed by atoms with Crippen LogP contribution in [0.3, 0.4) is 0 Å². The highest BCUT2D eigenvalue weighted by molar-refractivity contribution is 7.98. The quantitative estimate of drug-likeness (QED) is 0.266. The van der Waals surface area contributed by atoms with Crippen molar-refractivity contribution in [2.45, 2.75) is 26.3 Å². The molecule has 0 radical (unpaired) electrons. The van der Waals surface area contributed by atoms with Gasteiger partial charge in [0, 0.05) is 5.92 Å². The first-order valence-electron chi connectivity index (χ1n) is 7.99. The van der Waals surface area contributed by atoms with E-state index in [4.69, 9.17) is 5.11 Å². The normalized spacial score (nSPS) is 11.4. The summed E-state index contributed by atoms with van der Waals surface area (Å²) < 4.78 is 0. The molecular weight excluding hydrogens is 364 g/mol. The van der Waals surface area contributed by atoms with Crippen molar-refractivity contribution in [1.29, 1.82) is 0 Å². The van der Waals surface area contributed by atoms with E-state index in [1.54, 1.807) is 13.8 Å². The van der Waals surface area contributed by atoms with Crippen molar-refractivity contribution in [2.75, 3.05) is 31.6 Å². The predicted molar refractivity (Wildman–Crippen MR) is 96.4 cm³/mol. The lowest BCUT2D eigenvalue weighted by atomic mass is 10.1. The van der Waals surface area contributed by atoms with Crippen LogP contribution in [0.4, 0.5) is 0 Å². The number of carbonyl (C=O) groups excluding carboxylic acids is 4. The number of carbonyl (C=O) groups is 5. The number of aliphatic carboxylic acids is 1. The summed E-state index contributed by atoms with van der Waals surface area (Å²) in [4.78, 5) is 57.2. The summed E-state index contributed by atoms with van der Waals surface area (Å²) in [7, 11) is 0. The summed E-state index contributed by atoms with van der Waals surface area (Å²) in [6.45, 7) is 2.11. The third-order valence-corrected chi connectivity index (χ3v) is 3.72. The van der Waals surface area contributed by atoms with E-state index in [1.807, 2.05) is 6.26 Å². The molecule has 5 N–H and O–H groups in total. The zero-order chi connectivity index (χ0) is 20.1. The van der Waals surface area contributed by atoms with Crippen LogP contribution in [0.2, 0.25) is 0 Å². The summed E-state index contributed by atoms with van der Waals surface area (Å²) in [6, 6.07) is -0.746.